The fourth-order valence-corrected chi connectivity index (χ4v) is 1.28. The first kappa shape index (κ1) is 14.3. The highest BCUT2D eigenvalue weighted by molar-refractivity contribution is 5.96. The maximum Gasteiger partial charge on any atom is 0.287 e. The largest absolute Gasteiger partial charge is 0.394 e. The van der Waals surface area contributed by atoms with Crippen molar-refractivity contribution in [3.63, 3.8) is 0 Å². The lowest BCUT2D eigenvalue weighted by Crippen LogP contribution is -2.46. The highest BCUT2D eigenvalue weighted by Gasteiger charge is 2.25. The van der Waals surface area contributed by atoms with Crippen LogP contribution in [0.4, 0.5) is 5.69 Å². The molecule has 0 aliphatic heterocycles. The predicted octanol–water partition coefficient (Wildman–Crippen LogP) is 0.808. The SMILES string of the molecule is CN(CC(=O)c1cc([N+](=O)[O-])c[nH]1)C(C)(C)CO. The summed E-state index contributed by atoms with van der Waals surface area (Å²) in [6, 6.07) is 1.21. The van der Waals surface area contributed by atoms with Crippen LogP contribution in [0.5, 0.6) is 0 Å². The van der Waals surface area contributed by atoms with Gasteiger partial charge in [0.2, 0.25) is 0 Å². The normalized spacial score (nSPS) is 11.8. The number of aromatic nitrogens is 1. The maximum atomic E-state index is 11.9. The first-order valence-corrected chi connectivity index (χ1v) is 5.46. The lowest BCUT2D eigenvalue weighted by molar-refractivity contribution is -0.384. The van der Waals surface area contributed by atoms with Gasteiger partial charge < -0.3 is 10.1 Å². The van der Waals surface area contributed by atoms with E-state index < -0.39 is 10.5 Å². The molecule has 0 aromatic carbocycles. The van der Waals surface area contributed by atoms with Crippen LogP contribution in [0.1, 0.15) is 24.3 Å². The van der Waals surface area contributed by atoms with E-state index >= 15 is 0 Å². The van der Waals surface area contributed by atoms with Gasteiger partial charge in [-0.15, -0.1) is 0 Å². The molecule has 0 bridgehead atoms. The molecule has 7 heteroatoms. The number of aromatic amines is 1. The van der Waals surface area contributed by atoms with E-state index in [1.54, 1.807) is 25.8 Å². The van der Waals surface area contributed by atoms with E-state index in [0.717, 1.165) is 0 Å². The molecule has 1 aromatic rings. The van der Waals surface area contributed by atoms with Crippen molar-refractivity contribution in [3.05, 3.63) is 28.1 Å². The minimum atomic E-state index is -0.561. The number of rotatable bonds is 6. The molecule has 1 rings (SSSR count). The van der Waals surface area contributed by atoms with E-state index in [1.807, 2.05) is 0 Å². The topological polar surface area (TPSA) is 99.5 Å². The standard InChI is InChI=1S/C11H17N3O4/c1-11(2,7-15)13(3)6-10(16)9-4-8(5-12-9)14(17)18/h4-5,12,15H,6-7H2,1-3H3. The molecule has 7 nitrogen and oxygen atoms in total. The molecule has 18 heavy (non-hydrogen) atoms. The average molecular weight is 255 g/mol. The molecule has 0 amide bonds. The molecular weight excluding hydrogens is 238 g/mol. The van der Waals surface area contributed by atoms with Crippen LogP contribution in [0, 0.1) is 10.1 Å². The first-order chi connectivity index (χ1) is 8.27. The summed E-state index contributed by atoms with van der Waals surface area (Å²) >= 11 is 0. The summed E-state index contributed by atoms with van der Waals surface area (Å²) in [4.78, 5) is 26.1. The van der Waals surface area contributed by atoms with Gasteiger partial charge in [-0.3, -0.25) is 19.8 Å². The first-order valence-electron chi connectivity index (χ1n) is 5.46. The molecule has 0 atom stereocenters. The van der Waals surface area contributed by atoms with Gasteiger partial charge in [0.25, 0.3) is 5.69 Å². The highest BCUT2D eigenvalue weighted by atomic mass is 16.6. The van der Waals surface area contributed by atoms with Crippen LogP contribution >= 0.6 is 0 Å². The fourth-order valence-electron chi connectivity index (χ4n) is 1.28. The molecule has 0 saturated carbocycles. The Morgan fingerprint density at radius 2 is 2.22 bits per heavy atom. The van der Waals surface area contributed by atoms with Crippen molar-refractivity contribution >= 4 is 11.5 Å². The van der Waals surface area contributed by atoms with Crippen molar-refractivity contribution in [1.82, 2.24) is 9.88 Å². The molecule has 2 N–H and O–H groups in total. The number of nitrogens with one attached hydrogen (secondary N) is 1. The molecular formula is C11H17N3O4. The predicted molar refractivity (Wildman–Crippen MR) is 65.6 cm³/mol. The van der Waals surface area contributed by atoms with E-state index in [1.165, 1.54) is 12.3 Å². The molecule has 1 aromatic heterocycles. The smallest absolute Gasteiger partial charge is 0.287 e. The number of hydrogen-bond donors (Lipinski definition) is 2. The second-order valence-electron chi connectivity index (χ2n) is 4.78. The number of nitro groups is 1. The third kappa shape index (κ3) is 3.14. The number of aliphatic hydroxyl groups is 1. The van der Waals surface area contributed by atoms with E-state index in [2.05, 4.69) is 4.98 Å². The monoisotopic (exact) mass is 255 g/mol. The lowest BCUT2D eigenvalue weighted by atomic mass is 10.0. The van der Waals surface area contributed by atoms with Crippen LogP contribution in [0.25, 0.3) is 0 Å². The molecule has 0 aliphatic rings. The molecule has 0 aliphatic carbocycles. The van der Waals surface area contributed by atoms with Crippen molar-refractivity contribution in [1.29, 1.82) is 0 Å². The van der Waals surface area contributed by atoms with Gasteiger partial charge in [0.05, 0.1) is 30.0 Å². The highest BCUT2D eigenvalue weighted by Crippen LogP contribution is 2.15. The number of aliphatic hydroxyl groups excluding tert-OH is 1. The number of carbonyl (C=O) groups excluding carboxylic acids is 1. The minimum Gasteiger partial charge on any atom is -0.394 e. The van der Waals surface area contributed by atoms with Gasteiger partial charge in [-0.1, -0.05) is 0 Å². The van der Waals surface area contributed by atoms with Crippen LogP contribution in [-0.2, 0) is 0 Å². The van der Waals surface area contributed by atoms with E-state index in [-0.39, 0.29) is 30.3 Å². The Kier molecular flexibility index (Phi) is 4.20. The second-order valence-corrected chi connectivity index (χ2v) is 4.78. The molecule has 0 unspecified atom stereocenters. The average Bonchev–Trinajstić information content (AvgIpc) is 2.78. The number of H-pyrrole nitrogens is 1. The summed E-state index contributed by atoms with van der Waals surface area (Å²) in [5, 5.41) is 19.7. The molecule has 0 spiro atoms. The summed E-state index contributed by atoms with van der Waals surface area (Å²) in [5.41, 5.74) is -0.460. The third-order valence-corrected chi connectivity index (χ3v) is 2.98. The fraction of sp³-hybridized carbons (Fsp3) is 0.545. The van der Waals surface area contributed by atoms with Gasteiger partial charge >= 0.3 is 0 Å². The zero-order valence-electron chi connectivity index (χ0n) is 10.6. The molecule has 0 saturated heterocycles. The quantitative estimate of drug-likeness (QED) is 0.445. The van der Waals surface area contributed by atoms with E-state index in [4.69, 9.17) is 0 Å². The summed E-state index contributed by atoms with van der Waals surface area (Å²) < 4.78 is 0. The maximum absolute atomic E-state index is 11.9. The number of carbonyl (C=O) groups is 1. The molecule has 1 heterocycles. The van der Waals surface area contributed by atoms with Gasteiger partial charge in [0.1, 0.15) is 0 Å². The Labute approximate surface area is 105 Å². The number of hydrogen-bond acceptors (Lipinski definition) is 5. The molecule has 0 radical (unpaired) electrons. The Hall–Kier alpha value is -1.73. The van der Waals surface area contributed by atoms with Crippen molar-refractivity contribution in [3.8, 4) is 0 Å². The summed E-state index contributed by atoms with van der Waals surface area (Å²) in [7, 11) is 1.71. The zero-order valence-corrected chi connectivity index (χ0v) is 10.6. The number of ketones is 1. The Morgan fingerprint density at radius 1 is 1.61 bits per heavy atom. The van der Waals surface area contributed by atoms with Crippen molar-refractivity contribution in [2.75, 3.05) is 20.2 Å². The van der Waals surface area contributed by atoms with E-state index in [0.29, 0.717) is 0 Å². The number of Topliss-reactive ketones (excluding diaryl/α,β-unsaturated/α-hetero) is 1. The molecule has 0 fully saturated rings. The van der Waals surface area contributed by atoms with Crippen molar-refractivity contribution < 1.29 is 14.8 Å². The zero-order chi connectivity index (χ0) is 13.9. The van der Waals surface area contributed by atoms with Gasteiger partial charge in [0.15, 0.2) is 5.78 Å². The Balaban J connectivity index is 2.73. The van der Waals surface area contributed by atoms with Crippen LogP contribution < -0.4 is 0 Å². The van der Waals surface area contributed by atoms with Crippen molar-refractivity contribution in [2.45, 2.75) is 19.4 Å². The van der Waals surface area contributed by atoms with Crippen LogP contribution in [0.2, 0.25) is 0 Å². The van der Waals surface area contributed by atoms with E-state index in [9.17, 15) is 20.0 Å². The third-order valence-electron chi connectivity index (χ3n) is 2.98. The van der Waals surface area contributed by atoms with Gasteiger partial charge in [0, 0.05) is 11.6 Å². The van der Waals surface area contributed by atoms with Gasteiger partial charge in [-0.2, -0.15) is 0 Å². The van der Waals surface area contributed by atoms with Crippen LogP contribution in [-0.4, -0.2) is 51.4 Å². The Morgan fingerprint density at radius 3 is 2.67 bits per heavy atom. The number of likely N-dealkylation sites (N-methyl/N-ethyl adjacent to an activating group) is 1. The van der Waals surface area contributed by atoms with Crippen LogP contribution in [0.3, 0.4) is 0 Å². The summed E-state index contributed by atoms with van der Waals surface area (Å²) in [6.45, 7) is 3.60. The van der Waals surface area contributed by atoms with Gasteiger partial charge in [-0.05, 0) is 20.9 Å². The second kappa shape index (κ2) is 5.28. The minimum absolute atomic E-state index is 0.0746. The van der Waals surface area contributed by atoms with Gasteiger partial charge in [-0.25, -0.2) is 0 Å². The molecule has 100 valence electrons. The Bertz CT molecular complexity index is 453. The van der Waals surface area contributed by atoms with Crippen molar-refractivity contribution in [2.24, 2.45) is 0 Å². The summed E-state index contributed by atoms with van der Waals surface area (Å²) in [5.74, 6) is -0.257. The summed E-state index contributed by atoms with van der Waals surface area (Å²) in [6.07, 6.45) is 1.18. The number of nitrogens with zero attached hydrogens (tertiary/aromatic N) is 2. The lowest BCUT2D eigenvalue weighted by Gasteiger charge is -2.33. The van der Waals surface area contributed by atoms with Crippen LogP contribution in [0.15, 0.2) is 12.3 Å².